The molecule has 1 aromatic heterocycles. The lowest BCUT2D eigenvalue weighted by Gasteiger charge is -2.28. The molecule has 10 nitrogen and oxygen atoms in total. The number of carbonyl (C=O) groups is 1. The van der Waals surface area contributed by atoms with Gasteiger partial charge >= 0.3 is 5.69 Å². The van der Waals surface area contributed by atoms with Gasteiger partial charge in [-0.3, -0.25) is 13.9 Å². The predicted octanol–water partition coefficient (Wildman–Crippen LogP) is 2.16. The Hall–Kier alpha value is -3.93. The number of methoxy groups -OCH3 is 1. The molecule has 1 saturated heterocycles. The summed E-state index contributed by atoms with van der Waals surface area (Å²) < 4.78 is 37.0. The number of amides is 1. The van der Waals surface area contributed by atoms with Crippen molar-refractivity contribution in [2.45, 2.75) is 18.2 Å². The third-order valence-corrected chi connectivity index (χ3v) is 8.85. The smallest absolute Gasteiger partial charge is 0.334 e. The van der Waals surface area contributed by atoms with Gasteiger partial charge in [0, 0.05) is 44.8 Å². The molecule has 0 radical (unpaired) electrons. The molecule has 210 valence electrons. The van der Waals surface area contributed by atoms with E-state index in [2.05, 4.69) is 10.0 Å². The summed E-state index contributed by atoms with van der Waals surface area (Å²) in [7, 11) is -2.14. The van der Waals surface area contributed by atoms with E-state index in [0.29, 0.717) is 55.3 Å². The Morgan fingerprint density at radius 3 is 2.48 bits per heavy atom. The van der Waals surface area contributed by atoms with Crippen molar-refractivity contribution in [3.05, 3.63) is 95.1 Å². The third kappa shape index (κ3) is 5.53. The van der Waals surface area contributed by atoms with Gasteiger partial charge in [0.25, 0.3) is 5.91 Å². The number of para-hydroxylation sites is 2. The molecule has 5 rings (SSSR count). The lowest BCUT2D eigenvalue weighted by atomic mass is 10.1. The van der Waals surface area contributed by atoms with Crippen LogP contribution in [0.3, 0.4) is 0 Å². The Bertz CT molecular complexity index is 1580. The fraction of sp³-hybridized carbons (Fsp3) is 0.310. The van der Waals surface area contributed by atoms with Crippen LogP contribution >= 0.6 is 0 Å². The SMILES string of the molecule is COc1ccccc1-n1c(-c2ccccc2)c(C(=O)N2CCNCC2)n(CCNS(=O)(=O)C2C=CC=CC2)c1=O. The normalized spacial score (nSPS) is 17.2. The Morgan fingerprint density at radius 2 is 1.77 bits per heavy atom. The highest BCUT2D eigenvalue weighted by Crippen LogP contribution is 2.31. The zero-order chi connectivity index (χ0) is 28.1. The van der Waals surface area contributed by atoms with Crippen LogP contribution in [0.5, 0.6) is 5.75 Å². The number of piperazine rings is 1. The van der Waals surface area contributed by atoms with Gasteiger partial charge in [-0.05, 0) is 18.6 Å². The number of ether oxygens (including phenoxy) is 1. The highest BCUT2D eigenvalue weighted by molar-refractivity contribution is 7.90. The predicted molar refractivity (Wildman–Crippen MR) is 154 cm³/mol. The quantitative estimate of drug-likeness (QED) is 0.413. The fourth-order valence-electron chi connectivity index (χ4n) is 5.08. The van der Waals surface area contributed by atoms with Crippen molar-refractivity contribution in [1.82, 2.24) is 24.1 Å². The second-order valence-electron chi connectivity index (χ2n) is 9.57. The van der Waals surface area contributed by atoms with E-state index in [0.717, 1.165) is 0 Å². The molecule has 2 aliphatic rings. The van der Waals surface area contributed by atoms with E-state index in [4.69, 9.17) is 4.74 Å². The molecule has 1 aliphatic carbocycles. The molecule has 1 fully saturated rings. The molecule has 0 bridgehead atoms. The first kappa shape index (κ1) is 27.6. The highest BCUT2D eigenvalue weighted by Gasteiger charge is 2.32. The first-order valence-electron chi connectivity index (χ1n) is 13.3. The molecule has 3 aromatic rings. The van der Waals surface area contributed by atoms with Crippen LogP contribution in [0.2, 0.25) is 0 Å². The van der Waals surface area contributed by atoms with E-state index in [9.17, 15) is 18.0 Å². The van der Waals surface area contributed by atoms with Gasteiger partial charge in [-0.2, -0.15) is 0 Å². The summed E-state index contributed by atoms with van der Waals surface area (Å²) in [4.78, 5) is 30.0. The molecular formula is C29H33N5O5S. The van der Waals surface area contributed by atoms with Gasteiger partial charge < -0.3 is 15.0 Å². The number of imidazole rings is 1. The number of hydrogen-bond acceptors (Lipinski definition) is 6. The summed E-state index contributed by atoms with van der Waals surface area (Å²) in [6, 6.07) is 16.4. The van der Waals surface area contributed by atoms with E-state index in [1.807, 2.05) is 42.5 Å². The molecule has 0 spiro atoms. The monoisotopic (exact) mass is 563 g/mol. The second kappa shape index (κ2) is 12.1. The summed E-state index contributed by atoms with van der Waals surface area (Å²) >= 11 is 0. The molecule has 11 heteroatoms. The van der Waals surface area contributed by atoms with E-state index >= 15 is 0 Å². The van der Waals surface area contributed by atoms with Gasteiger partial charge in [0.05, 0.1) is 23.7 Å². The lowest BCUT2D eigenvalue weighted by Crippen LogP contribution is -2.47. The maximum atomic E-state index is 14.2. The van der Waals surface area contributed by atoms with Crippen LogP contribution in [0.15, 0.2) is 83.7 Å². The summed E-state index contributed by atoms with van der Waals surface area (Å²) in [6.07, 6.45) is 7.34. The molecule has 1 aliphatic heterocycles. The van der Waals surface area contributed by atoms with Crippen molar-refractivity contribution >= 4 is 15.9 Å². The molecule has 2 heterocycles. The van der Waals surface area contributed by atoms with Crippen LogP contribution in [0, 0.1) is 0 Å². The Labute approximate surface area is 233 Å². The number of carbonyl (C=O) groups excluding carboxylic acids is 1. The van der Waals surface area contributed by atoms with Crippen molar-refractivity contribution < 1.29 is 17.9 Å². The van der Waals surface area contributed by atoms with Gasteiger partial charge in [-0.1, -0.05) is 66.8 Å². The zero-order valence-electron chi connectivity index (χ0n) is 22.3. The number of nitrogens with zero attached hydrogens (tertiary/aromatic N) is 3. The number of allylic oxidation sites excluding steroid dienone is 3. The van der Waals surface area contributed by atoms with Crippen LogP contribution in [0.25, 0.3) is 16.9 Å². The molecule has 2 aromatic carbocycles. The molecule has 0 saturated carbocycles. The van der Waals surface area contributed by atoms with E-state index in [1.54, 1.807) is 41.3 Å². The summed E-state index contributed by atoms with van der Waals surface area (Å²) in [5.74, 6) is 0.187. The number of sulfonamides is 1. The minimum absolute atomic E-state index is 0.0283. The fourth-order valence-corrected chi connectivity index (χ4v) is 6.33. The average Bonchev–Trinajstić information content (AvgIpc) is 3.29. The van der Waals surface area contributed by atoms with Crippen molar-refractivity contribution in [3.63, 3.8) is 0 Å². The van der Waals surface area contributed by atoms with Gasteiger partial charge in [0.1, 0.15) is 11.4 Å². The largest absolute Gasteiger partial charge is 0.495 e. The average molecular weight is 564 g/mol. The Morgan fingerprint density at radius 1 is 1.05 bits per heavy atom. The standard InChI is InChI=1S/C29H33N5O5S/c1-39-25-15-9-8-14-24(25)34-26(22-10-4-2-5-11-22)27(28(35)32-19-16-30-17-20-32)33(29(34)36)21-18-31-40(37,38)23-12-6-3-7-13-23/h2-12,14-15,23,30-31H,13,16-21H2,1H3. The van der Waals surface area contributed by atoms with Crippen LogP contribution in [-0.4, -0.2) is 73.4 Å². The Kier molecular flexibility index (Phi) is 8.34. The topological polar surface area (TPSA) is 115 Å². The molecule has 1 amide bonds. The third-order valence-electron chi connectivity index (χ3n) is 7.10. The number of aromatic nitrogens is 2. The molecular weight excluding hydrogens is 530 g/mol. The van der Waals surface area contributed by atoms with Gasteiger partial charge in [-0.25, -0.2) is 17.9 Å². The number of benzene rings is 2. The van der Waals surface area contributed by atoms with Gasteiger partial charge in [0.15, 0.2) is 0 Å². The van der Waals surface area contributed by atoms with Crippen molar-refractivity contribution in [3.8, 4) is 22.7 Å². The highest BCUT2D eigenvalue weighted by atomic mass is 32.2. The minimum atomic E-state index is -3.67. The Balaban J connectivity index is 1.63. The maximum Gasteiger partial charge on any atom is 0.334 e. The first-order valence-corrected chi connectivity index (χ1v) is 14.8. The van der Waals surface area contributed by atoms with Crippen molar-refractivity contribution in [1.29, 1.82) is 0 Å². The van der Waals surface area contributed by atoms with Gasteiger partial charge in [-0.15, -0.1) is 0 Å². The molecule has 2 N–H and O–H groups in total. The minimum Gasteiger partial charge on any atom is -0.495 e. The van der Waals surface area contributed by atoms with Crippen LogP contribution in [0.1, 0.15) is 16.9 Å². The van der Waals surface area contributed by atoms with Gasteiger partial charge in [0.2, 0.25) is 10.0 Å². The second-order valence-corrected chi connectivity index (χ2v) is 11.6. The van der Waals surface area contributed by atoms with Crippen molar-refractivity contribution in [2.75, 3.05) is 39.8 Å². The summed E-state index contributed by atoms with van der Waals surface area (Å²) in [6.45, 7) is 2.20. The zero-order valence-corrected chi connectivity index (χ0v) is 23.1. The van der Waals surface area contributed by atoms with Crippen LogP contribution in [0.4, 0.5) is 0 Å². The van der Waals surface area contributed by atoms with E-state index < -0.39 is 21.0 Å². The number of hydrogen-bond donors (Lipinski definition) is 2. The van der Waals surface area contributed by atoms with Crippen LogP contribution < -0.4 is 20.5 Å². The molecule has 1 atom stereocenters. The summed E-state index contributed by atoms with van der Waals surface area (Å²) in [5, 5.41) is 2.56. The number of rotatable bonds is 9. The van der Waals surface area contributed by atoms with Crippen molar-refractivity contribution in [2.24, 2.45) is 0 Å². The first-order chi connectivity index (χ1) is 19.4. The molecule has 1 unspecified atom stereocenters. The lowest BCUT2D eigenvalue weighted by molar-refractivity contribution is 0.0725. The van der Waals surface area contributed by atoms with E-state index in [1.165, 1.54) is 16.2 Å². The van der Waals surface area contributed by atoms with E-state index in [-0.39, 0.29) is 24.7 Å². The maximum absolute atomic E-state index is 14.2. The van der Waals surface area contributed by atoms with Crippen LogP contribution in [-0.2, 0) is 16.6 Å². The number of nitrogens with one attached hydrogen (secondary N) is 2. The molecule has 40 heavy (non-hydrogen) atoms. The summed E-state index contributed by atoms with van der Waals surface area (Å²) in [5.41, 5.74) is 1.36.